The molecule has 0 aliphatic carbocycles. The van der Waals surface area contributed by atoms with Crippen LogP contribution in [0.1, 0.15) is 27.9 Å². The molecule has 1 unspecified atom stereocenters. The first kappa shape index (κ1) is 15.7. The molecule has 104 valence electrons. The molecule has 0 fully saturated rings. The molecule has 0 aliphatic heterocycles. The second kappa shape index (κ2) is 7.96. The van der Waals surface area contributed by atoms with Gasteiger partial charge in [0, 0.05) is 5.56 Å². The van der Waals surface area contributed by atoms with Crippen LogP contribution in [-0.2, 0) is 11.2 Å². The molecule has 1 rings (SSSR count). The highest BCUT2D eigenvalue weighted by atomic mass is 32.2. The van der Waals surface area contributed by atoms with Crippen molar-refractivity contribution >= 4 is 24.0 Å². The van der Waals surface area contributed by atoms with Gasteiger partial charge in [0.2, 0.25) is 0 Å². The van der Waals surface area contributed by atoms with Crippen LogP contribution in [0.2, 0.25) is 0 Å². The quantitative estimate of drug-likeness (QED) is 0.562. The Kier molecular flexibility index (Phi) is 6.59. The molecule has 5 heteroatoms. The third-order valence-corrected chi connectivity index (χ3v) is 3.93. The molecule has 3 N–H and O–H groups in total. The number of rotatable bonds is 8. The van der Waals surface area contributed by atoms with Crippen LogP contribution in [0.25, 0.3) is 0 Å². The van der Waals surface area contributed by atoms with Gasteiger partial charge in [0.25, 0.3) is 0 Å². The molecular formula is C14H19NO3S. The molecule has 19 heavy (non-hydrogen) atoms. The lowest BCUT2D eigenvalue weighted by atomic mass is 10.0. The lowest BCUT2D eigenvalue weighted by molar-refractivity contribution is -0.138. The van der Waals surface area contributed by atoms with Crippen LogP contribution in [0, 0.1) is 6.92 Å². The summed E-state index contributed by atoms with van der Waals surface area (Å²) >= 11 is 1.68. The van der Waals surface area contributed by atoms with E-state index in [4.69, 9.17) is 10.8 Å². The van der Waals surface area contributed by atoms with Gasteiger partial charge in [-0.15, -0.1) is 0 Å². The minimum Gasteiger partial charge on any atom is -0.480 e. The Labute approximate surface area is 117 Å². The molecular weight excluding hydrogens is 262 g/mol. The highest BCUT2D eigenvalue weighted by Crippen LogP contribution is 2.14. The van der Waals surface area contributed by atoms with Gasteiger partial charge in [0.1, 0.15) is 12.3 Å². The molecule has 1 aromatic rings. The van der Waals surface area contributed by atoms with E-state index in [0.29, 0.717) is 12.0 Å². The minimum absolute atomic E-state index is 0.480. The van der Waals surface area contributed by atoms with E-state index >= 15 is 0 Å². The van der Waals surface area contributed by atoms with Crippen LogP contribution in [-0.4, -0.2) is 34.9 Å². The van der Waals surface area contributed by atoms with E-state index < -0.39 is 12.0 Å². The molecule has 0 spiro atoms. The summed E-state index contributed by atoms with van der Waals surface area (Å²) in [7, 11) is 0. The van der Waals surface area contributed by atoms with Crippen molar-refractivity contribution in [1.82, 2.24) is 0 Å². The van der Waals surface area contributed by atoms with Crippen LogP contribution in [0.15, 0.2) is 18.2 Å². The molecule has 0 saturated heterocycles. The van der Waals surface area contributed by atoms with Crippen molar-refractivity contribution in [3.63, 3.8) is 0 Å². The number of hydrogen-bond donors (Lipinski definition) is 2. The molecule has 0 radical (unpaired) electrons. The number of aryl methyl sites for hydroxylation is 2. The van der Waals surface area contributed by atoms with Gasteiger partial charge in [-0.3, -0.25) is 9.59 Å². The summed E-state index contributed by atoms with van der Waals surface area (Å²) in [6, 6.07) is 4.90. The Hall–Kier alpha value is -1.33. The molecule has 4 nitrogen and oxygen atoms in total. The molecule has 0 saturated carbocycles. The molecule has 0 amide bonds. The maximum Gasteiger partial charge on any atom is 0.320 e. The number of carbonyl (C=O) groups excluding carboxylic acids is 1. The van der Waals surface area contributed by atoms with Crippen molar-refractivity contribution in [3.8, 4) is 0 Å². The van der Waals surface area contributed by atoms with Crippen molar-refractivity contribution in [2.24, 2.45) is 5.73 Å². The highest BCUT2D eigenvalue weighted by Gasteiger charge is 2.10. The zero-order valence-corrected chi connectivity index (χ0v) is 11.8. The number of carboxylic acid groups (broad SMARTS) is 1. The predicted octanol–water partition coefficient (Wildman–Crippen LogP) is 1.89. The Bertz CT molecular complexity index is 448. The average Bonchev–Trinajstić information content (AvgIpc) is 2.39. The van der Waals surface area contributed by atoms with E-state index in [1.165, 1.54) is 11.1 Å². The van der Waals surface area contributed by atoms with Gasteiger partial charge in [0.05, 0.1) is 0 Å². The Morgan fingerprint density at radius 3 is 2.84 bits per heavy atom. The summed E-state index contributed by atoms with van der Waals surface area (Å²) < 4.78 is 0. The zero-order chi connectivity index (χ0) is 14.3. The monoisotopic (exact) mass is 281 g/mol. The third kappa shape index (κ3) is 5.44. The lowest BCUT2D eigenvalue weighted by Crippen LogP contribution is -2.30. The summed E-state index contributed by atoms with van der Waals surface area (Å²) in [5.74, 6) is 0.685. The number of benzene rings is 1. The number of carbonyl (C=O) groups is 2. The summed E-state index contributed by atoms with van der Waals surface area (Å²) in [6.07, 6.45) is 2.20. The number of nitrogens with two attached hydrogens (primary N) is 1. The molecule has 0 heterocycles. The van der Waals surface area contributed by atoms with Gasteiger partial charge in [-0.1, -0.05) is 12.1 Å². The van der Waals surface area contributed by atoms with Gasteiger partial charge in [-0.05, 0) is 48.5 Å². The van der Waals surface area contributed by atoms with E-state index in [1.54, 1.807) is 11.8 Å². The van der Waals surface area contributed by atoms with Crippen LogP contribution in [0.4, 0.5) is 0 Å². The second-order valence-electron chi connectivity index (χ2n) is 4.40. The summed E-state index contributed by atoms with van der Waals surface area (Å²) in [5, 5.41) is 8.64. The fourth-order valence-corrected chi connectivity index (χ4v) is 2.64. The molecule has 1 aromatic carbocycles. The Morgan fingerprint density at radius 1 is 1.47 bits per heavy atom. The normalized spacial score (nSPS) is 12.1. The number of hydrogen-bond acceptors (Lipinski definition) is 4. The van der Waals surface area contributed by atoms with Gasteiger partial charge < -0.3 is 10.8 Å². The van der Waals surface area contributed by atoms with E-state index in [2.05, 4.69) is 0 Å². The first-order chi connectivity index (χ1) is 9.04. The number of aliphatic carboxylic acids is 1. The number of aldehydes is 1. The van der Waals surface area contributed by atoms with Crippen molar-refractivity contribution in [2.45, 2.75) is 25.8 Å². The van der Waals surface area contributed by atoms with Gasteiger partial charge >= 0.3 is 5.97 Å². The highest BCUT2D eigenvalue weighted by molar-refractivity contribution is 7.99. The fourth-order valence-electron chi connectivity index (χ4n) is 1.65. The Balaban J connectivity index is 2.33. The first-order valence-electron chi connectivity index (χ1n) is 6.15. The number of thioether (sulfide) groups is 1. The topological polar surface area (TPSA) is 80.4 Å². The second-order valence-corrected chi connectivity index (χ2v) is 5.62. The van der Waals surface area contributed by atoms with E-state index in [9.17, 15) is 9.59 Å². The van der Waals surface area contributed by atoms with Crippen LogP contribution >= 0.6 is 11.8 Å². The summed E-state index contributed by atoms with van der Waals surface area (Å²) in [6.45, 7) is 2.02. The number of carboxylic acids is 1. The first-order valence-corrected chi connectivity index (χ1v) is 7.31. The van der Waals surface area contributed by atoms with Crippen LogP contribution in [0.5, 0.6) is 0 Å². The summed E-state index contributed by atoms with van der Waals surface area (Å²) in [4.78, 5) is 21.2. The van der Waals surface area contributed by atoms with Gasteiger partial charge in [0.15, 0.2) is 0 Å². The van der Waals surface area contributed by atoms with E-state index in [1.807, 2.05) is 25.1 Å². The van der Waals surface area contributed by atoms with E-state index in [0.717, 1.165) is 24.2 Å². The molecule has 0 bridgehead atoms. The average molecular weight is 281 g/mol. The predicted molar refractivity (Wildman–Crippen MR) is 77.8 cm³/mol. The molecule has 0 aliphatic rings. The minimum atomic E-state index is -0.949. The van der Waals surface area contributed by atoms with Crippen molar-refractivity contribution in [1.29, 1.82) is 0 Å². The van der Waals surface area contributed by atoms with Crippen molar-refractivity contribution in [3.05, 3.63) is 34.9 Å². The van der Waals surface area contributed by atoms with Crippen LogP contribution in [0.3, 0.4) is 0 Å². The Morgan fingerprint density at radius 2 is 2.21 bits per heavy atom. The smallest absolute Gasteiger partial charge is 0.320 e. The third-order valence-electron chi connectivity index (χ3n) is 2.92. The van der Waals surface area contributed by atoms with Gasteiger partial charge in [-0.25, -0.2) is 0 Å². The van der Waals surface area contributed by atoms with E-state index in [-0.39, 0.29) is 0 Å². The maximum absolute atomic E-state index is 10.7. The standard InChI is InChI=1S/C14H19NO3S/c1-10-2-3-11(9-16)8-12(10)4-6-19-7-5-13(15)14(17)18/h2-3,8-9,13H,4-7,15H2,1H3,(H,17,18). The van der Waals surface area contributed by atoms with Crippen molar-refractivity contribution < 1.29 is 14.7 Å². The maximum atomic E-state index is 10.7. The fraction of sp³-hybridized carbons (Fsp3) is 0.429. The molecule has 1 atom stereocenters. The summed E-state index contributed by atoms with van der Waals surface area (Å²) in [5.41, 5.74) is 8.45. The zero-order valence-electron chi connectivity index (χ0n) is 11.0. The SMILES string of the molecule is Cc1ccc(C=O)cc1CCSCCC(N)C(=O)O. The molecule has 0 aromatic heterocycles. The van der Waals surface area contributed by atoms with Crippen molar-refractivity contribution in [2.75, 3.05) is 11.5 Å². The van der Waals surface area contributed by atoms with Crippen LogP contribution < -0.4 is 5.73 Å². The largest absolute Gasteiger partial charge is 0.480 e. The van der Waals surface area contributed by atoms with Gasteiger partial charge in [-0.2, -0.15) is 11.8 Å². The lowest BCUT2D eigenvalue weighted by Gasteiger charge is -2.08.